The van der Waals surface area contributed by atoms with Crippen LogP contribution < -0.4 is 4.74 Å². The van der Waals surface area contributed by atoms with Crippen molar-refractivity contribution < 1.29 is 14.6 Å². The quantitative estimate of drug-likeness (QED) is 0.923. The van der Waals surface area contributed by atoms with E-state index in [9.17, 15) is 4.79 Å². The van der Waals surface area contributed by atoms with Crippen molar-refractivity contribution in [3.63, 3.8) is 0 Å². The molecule has 0 bridgehead atoms. The van der Waals surface area contributed by atoms with Crippen LogP contribution in [-0.4, -0.2) is 42.2 Å². The summed E-state index contributed by atoms with van der Waals surface area (Å²) in [5.74, 6) is -0.233. The van der Waals surface area contributed by atoms with Crippen LogP contribution in [0.1, 0.15) is 29.6 Å². The summed E-state index contributed by atoms with van der Waals surface area (Å²) in [6, 6.07) is 5.28. The van der Waals surface area contributed by atoms with E-state index in [1.807, 2.05) is 0 Å². The molecule has 1 heterocycles. The van der Waals surface area contributed by atoms with Gasteiger partial charge >= 0.3 is 5.97 Å². The van der Waals surface area contributed by atoms with Crippen LogP contribution in [0, 0.1) is 0 Å². The highest BCUT2D eigenvalue weighted by Crippen LogP contribution is 2.27. The average Bonchev–Trinajstić information content (AvgIpc) is 2.39. The third-order valence-corrected chi connectivity index (χ3v) is 4.15. The molecule has 0 spiro atoms. The summed E-state index contributed by atoms with van der Waals surface area (Å²) in [5, 5.41) is 8.90. The minimum absolute atomic E-state index is 0.258. The summed E-state index contributed by atoms with van der Waals surface area (Å²) in [6.45, 7) is 1.76. The van der Waals surface area contributed by atoms with Gasteiger partial charge in [0.2, 0.25) is 0 Å². The van der Waals surface area contributed by atoms with E-state index in [0.717, 1.165) is 13.0 Å². The Morgan fingerprint density at radius 3 is 2.95 bits per heavy atom. The summed E-state index contributed by atoms with van der Waals surface area (Å²) in [5.41, 5.74) is 0.258. The standard InChI is InChI=1S/C14H18BrNO3/c1-16-7-3-2-4-11(16)9-19-13-6-5-10(14(17)18)8-12(13)15/h5-6,8,11H,2-4,7,9H2,1H3,(H,17,18). The summed E-state index contributed by atoms with van der Waals surface area (Å²) < 4.78 is 6.49. The highest BCUT2D eigenvalue weighted by atomic mass is 79.9. The molecule has 4 nitrogen and oxygen atoms in total. The third kappa shape index (κ3) is 3.70. The number of nitrogens with zero attached hydrogens (tertiary/aromatic N) is 1. The van der Waals surface area contributed by atoms with Gasteiger partial charge in [-0.15, -0.1) is 0 Å². The number of hydrogen-bond acceptors (Lipinski definition) is 3. The second-order valence-corrected chi connectivity index (χ2v) is 5.75. The van der Waals surface area contributed by atoms with Gasteiger partial charge in [0.05, 0.1) is 10.0 Å². The van der Waals surface area contributed by atoms with Crippen LogP contribution in [0.15, 0.2) is 22.7 Å². The number of carboxylic acid groups (broad SMARTS) is 1. The van der Waals surface area contributed by atoms with Crippen LogP contribution in [0.2, 0.25) is 0 Å². The molecule has 1 saturated heterocycles. The Morgan fingerprint density at radius 1 is 1.53 bits per heavy atom. The Morgan fingerprint density at radius 2 is 2.32 bits per heavy atom. The third-order valence-electron chi connectivity index (χ3n) is 3.53. The molecule has 2 rings (SSSR count). The van der Waals surface area contributed by atoms with Crippen LogP contribution in [0.5, 0.6) is 5.75 Å². The molecular formula is C14H18BrNO3. The van der Waals surface area contributed by atoms with E-state index in [1.54, 1.807) is 18.2 Å². The number of piperidine rings is 1. The molecule has 1 aliphatic heterocycles. The van der Waals surface area contributed by atoms with Gasteiger partial charge in [0.15, 0.2) is 0 Å². The van der Waals surface area contributed by atoms with Gasteiger partial charge in [0.1, 0.15) is 12.4 Å². The lowest BCUT2D eigenvalue weighted by molar-refractivity contribution is 0.0696. The minimum atomic E-state index is -0.931. The largest absolute Gasteiger partial charge is 0.491 e. The Bertz CT molecular complexity index is 464. The van der Waals surface area contributed by atoms with Gasteiger partial charge < -0.3 is 14.7 Å². The Hall–Kier alpha value is -1.07. The van der Waals surface area contributed by atoms with Crippen molar-refractivity contribution in [1.29, 1.82) is 0 Å². The molecule has 1 aromatic carbocycles. The second kappa shape index (κ2) is 6.39. The SMILES string of the molecule is CN1CCCCC1COc1ccc(C(=O)O)cc1Br. The minimum Gasteiger partial charge on any atom is -0.491 e. The molecule has 0 amide bonds. The van der Waals surface area contributed by atoms with Gasteiger partial charge in [-0.2, -0.15) is 0 Å². The molecular weight excluding hydrogens is 310 g/mol. The molecule has 1 fully saturated rings. The van der Waals surface area contributed by atoms with Gasteiger partial charge in [-0.1, -0.05) is 6.42 Å². The topological polar surface area (TPSA) is 49.8 Å². The monoisotopic (exact) mass is 327 g/mol. The molecule has 0 aliphatic carbocycles. The zero-order chi connectivity index (χ0) is 13.8. The lowest BCUT2D eigenvalue weighted by Gasteiger charge is -2.32. The van der Waals surface area contributed by atoms with Crippen LogP contribution in [0.3, 0.4) is 0 Å². The number of carbonyl (C=O) groups is 1. The van der Waals surface area contributed by atoms with E-state index >= 15 is 0 Å². The van der Waals surface area contributed by atoms with Crippen LogP contribution >= 0.6 is 15.9 Å². The maximum absolute atomic E-state index is 10.8. The number of benzene rings is 1. The molecule has 1 aromatic rings. The number of halogens is 1. The molecule has 1 unspecified atom stereocenters. The lowest BCUT2D eigenvalue weighted by Crippen LogP contribution is -2.40. The fourth-order valence-electron chi connectivity index (χ4n) is 2.29. The van der Waals surface area contributed by atoms with Gasteiger partial charge in [-0.25, -0.2) is 4.79 Å². The van der Waals surface area contributed by atoms with E-state index in [-0.39, 0.29) is 5.56 Å². The van der Waals surface area contributed by atoms with E-state index in [2.05, 4.69) is 27.9 Å². The Balaban J connectivity index is 1.97. The van der Waals surface area contributed by atoms with E-state index in [0.29, 0.717) is 22.9 Å². The molecule has 104 valence electrons. The van der Waals surface area contributed by atoms with Crippen molar-refractivity contribution in [2.45, 2.75) is 25.3 Å². The van der Waals surface area contributed by atoms with Crippen molar-refractivity contribution in [2.24, 2.45) is 0 Å². The first-order valence-corrected chi connectivity index (χ1v) is 7.23. The molecule has 1 aliphatic rings. The van der Waals surface area contributed by atoms with Crippen LogP contribution in [0.25, 0.3) is 0 Å². The lowest BCUT2D eigenvalue weighted by atomic mass is 10.0. The summed E-state index contributed by atoms with van der Waals surface area (Å²) in [7, 11) is 2.12. The predicted octanol–water partition coefficient (Wildman–Crippen LogP) is 3.01. The molecule has 5 heteroatoms. The first-order chi connectivity index (χ1) is 9.08. The number of rotatable bonds is 4. The predicted molar refractivity (Wildman–Crippen MR) is 76.9 cm³/mol. The molecule has 0 saturated carbocycles. The van der Waals surface area contributed by atoms with Crippen LogP contribution in [0.4, 0.5) is 0 Å². The number of carboxylic acids is 1. The number of likely N-dealkylation sites (tertiary alicyclic amines) is 1. The van der Waals surface area contributed by atoms with Gasteiger partial charge in [-0.05, 0) is 60.6 Å². The fourth-order valence-corrected chi connectivity index (χ4v) is 2.78. The first-order valence-electron chi connectivity index (χ1n) is 6.44. The number of aromatic carboxylic acids is 1. The average molecular weight is 328 g/mol. The summed E-state index contributed by atoms with van der Waals surface area (Å²) >= 11 is 3.35. The summed E-state index contributed by atoms with van der Waals surface area (Å²) in [6.07, 6.45) is 3.66. The van der Waals surface area contributed by atoms with Crippen molar-refractivity contribution in [3.8, 4) is 5.75 Å². The second-order valence-electron chi connectivity index (χ2n) is 4.89. The molecule has 19 heavy (non-hydrogen) atoms. The van der Waals surface area contributed by atoms with Crippen molar-refractivity contribution >= 4 is 21.9 Å². The van der Waals surface area contributed by atoms with Crippen molar-refractivity contribution in [2.75, 3.05) is 20.2 Å². The van der Waals surface area contributed by atoms with Gasteiger partial charge in [0, 0.05) is 6.04 Å². The highest BCUT2D eigenvalue weighted by Gasteiger charge is 2.19. The van der Waals surface area contributed by atoms with Crippen LogP contribution in [-0.2, 0) is 0 Å². The summed E-state index contributed by atoms with van der Waals surface area (Å²) in [4.78, 5) is 13.2. The number of ether oxygens (including phenoxy) is 1. The molecule has 0 aromatic heterocycles. The molecule has 1 N–H and O–H groups in total. The smallest absolute Gasteiger partial charge is 0.335 e. The van der Waals surface area contributed by atoms with Crippen molar-refractivity contribution in [1.82, 2.24) is 4.90 Å². The van der Waals surface area contributed by atoms with Gasteiger partial charge in [0.25, 0.3) is 0 Å². The van der Waals surface area contributed by atoms with Gasteiger partial charge in [-0.3, -0.25) is 0 Å². The molecule has 1 atom stereocenters. The number of hydrogen-bond donors (Lipinski definition) is 1. The Kier molecular flexibility index (Phi) is 4.82. The van der Waals surface area contributed by atoms with E-state index in [1.165, 1.54) is 12.8 Å². The molecule has 0 radical (unpaired) electrons. The highest BCUT2D eigenvalue weighted by molar-refractivity contribution is 9.10. The number of likely N-dealkylation sites (N-methyl/N-ethyl adjacent to an activating group) is 1. The fraction of sp³-hybridized carbons (Fsp3) is 0.500. The van der Waals surface area contributed by atoms with Crippen molar-refractivity contribution in [3.05, 3.63) is 28.2 Å². The normalized spacial score (nSPS) is 20.2. The maximum Gasteiger partial charge on any atom is 0.335 e. The zero-order valence-corrected chi connectivity index (χ0v) is 12.5. The Labute approximate surface area is 121 Å². The van der Waals surface area contributed by atoms with E-state index in [4.69, 9.17) is 9.84 Å². The first kappa shape index (κ1) is 14.3. The zero-order valence-electron chi connectivity index (χ0n) is 10.9. The maximum atomic E-state index is 10.8. The van der Waals surface area contributed by atoms with E-state index < -0.39 is 5.97 Å².